The first-order valence-corrected chi connectivity index (χ1v) is 6.69. The molecule has 1 amide bonds. The van der Waals surface area contributed by atoms with E-state index in [2.05, 4.69) is 21.2 Å². The molecule has 6 heteroatoms. The minimum absolute atomic E-state index is 0.326. The first-order chi connectivity index (χ1) is 9.01. The molecule has 1 aromatic carbocycles. The predicted octanol–water partition coefficient (Wildman–Crippen LogP) is 1.32. The van der Waals surface area contributed by atoms with Gasteiger partial charge in [0.1, 0.15) is 5.75 Å². The van der Waals surface area contributed by atoms with Crippen LogP contribution in [0.15, 0.2) is 22.7 Å². The van der Waals surface area contributed by atoms with Crippen molar-refractivity contribution in [2.24, 2.45) is 0 Å². The van der Waals surface area contributed by atoms with E-state index in [4.69, 9.17) is 4.74 Å². The first-order valence-electron chi connectivity index (χ1n) is 5.89. The number of benzene rings is 1. The van der Waals surface area contributed by atoms with Gasteiger partial charge in [0.05, 0.1) is 31.4 Å². The Bertz CT molecular complexity index is 438. The van der Waals surface area contributed by atoms with Crippen LogP contribution in [0, 0.1) is 0 Å². The third-order valence-corrected chi connectivity index (χ3v) is 3.77. The van der Waals surface area contributed by atoms with E-state index in [9.17, 15) is 15.0 Å². The molecule has 0 spiro atoms. The molecule has 0 unspecified atom stereocenters. The summed E-state index contributed by atoms with van der Waals surface area (Å²) in [5.74, 6) is 0.180. The van der Waals surface area contributed by atoms with Crippen molar-refractivity contribution in [1.82, 2.24) is 5.32 Å². The molecule has 0 fully saturated rings. The molecule has 1 rings (SSSR count). The molecular weight excluding hydrogens is 314 g/mol. The third kappa shape index (κ3) is 3.68. The highest BCUT2D eigenvalue weighted by molar-refractivity contribution is 9.10. The number of carbonyl (C=O) groups excluding carboxylic acids is 1. The molecule has 0 bridgehead atoms. The Labute approximate surface area is 120 Å². The molecule has 0 radical (unpaired) electrons. The fourth-order valence-electron chi connectivity index (χ4n) is 1.55. The van der Waals surface area contributed by atoms with Gasteiger partial charge in [0.15, 0.2) is 0 Å². The summed E-state index contributed by atoms with van der Waals surface area (Å²) >= 11 is 3.29. The van der Waals surface area contributed by atoms with Crippen molar-refractivity contribution in [3.8, 4) is 5.75 Å². The number of ether oxygens (including phenoxy) is 1. The maximum Gasteiger partial charge on any atom is 0.253 e. The number of aliphatic hydroxyl groups excluding tert-OH is 2. The lowest BCUT2D eigenvalue weighted by atomic mass is 9.98. The van der Waals surface area contributed by atoms with Crippen LogP contribution in [-0.2, 0) is 0 Å². The third-order valence-electron chi connectivity index (χ3n) is 3.08. The lowest BCUT2D eigenvalue weighted by molar-refractivity contribution is 0.0652. The van der Waals surface area contributed by atoms with Crippen LogP contribution in [0.4, 0.5) is 0 Å². The van der Waals surface area contributed by atoms with Gasteiger partial charge in [0.25, 0.3) is 5.91 Å². The highest BCUT2D eigenvalue weighted by Gasteiger charge is 2.29. The van der Waals surface area contributed by atoms with Crippen LogP contribution in [-0.4, -0.2) is 42.0 Å². The first kappa shape index (κ1) is 15.9. The number of carbonyl (C=O) groups is 1. The molecule has 0 atom stereocenters. The van der Waals surface area contributed by atoms with E-state index in [1.807, 2.05) is 0 Å². The molecule has 5 nitrogen and oxygen atoms in total. The Balaban J connectivity index is 3.00. The number of hydrogen-bond donors (Lipinski definition) is 3. The van der Waals surface area contributed by atoms with E-state index < -0.39 is 5.54 Å². The summed E-state index contributed by atoms with van der Waals surface area (Å²) in [5, 5.41) is 21.3. The van der Waals surface area contributed by atoms with Gasteiger partial charge in [-0.25, -0.2) is 0 Å². The Morgan fingerprint density at radius 2 is 2.05 bits per heavy atom. The second-order valence-electron chi connectivity index (χ2n) is 4.25. The number of halogens is 1. The predicted molar refractivity (Wildman–Crippen MR) is 75.4 cm³/mol. The average Bonchev–Trinajstić information content (AvgIpc) is 2.45. The van der Waals surface area contributed by atoms with Crippen molar-refractivity contribution < 1.29 is 19.7 Å². The van der Waals surface area contributed by atoms with E-state index in [0.29, 0.717) is 22.2 Å². The number of aliphatic hydroxyl groups is 2. The topological polar surface area (TPSA) is 78.8 Å². The standard InChI is InChI=1S/C13H18BrNO4/c1-3-13(7-16,8-17)15-12(18)10-6-9(19-2)4-5-11(10)14/h4-6,16-17H,3,7-8H2,1-2H3,(H,15,18). The second-order valence-corrected chi connectivity index (χ2v) is 5.10. The molecule has 0 aromatic heterocycles. The van der Waals surface area contributed by atoms with Gasteiger partial charge < -0.3 is 20.3 Å². The fourth-order valence-corrected chi connectivity index (χ4v) is 1.98. The summed E-state index contributed by atoms with van der Waals surface area (Å²) in [6.07, 6.45) is 0.424. The average molecular weight is 332 g/mol. The Morgan fingerprint density at radius 3 is 2.53 bits per heavy atom. The van der Waals surface area contributed by atoms with Crippen LogP contribution in [0.5, 0.6) is 5.75 Å². The summed E-state index contributed by atoms with van der Waals surface area (Å²) in [4.78, 5) is 12.2. The van der Waals surface area contributed by atoms with Crippen molar-refractivity contribution in [1.29, 1.82) is 0 Å². The summed E-state index contributed by atoms with van der Waals surface area (Å²) in [5.41, 5.74) is -0.626. The van der Waals surface area contributed by atoms with E-state index in [-0.39, 0.29) is 19.1 Å². The zero-order valence-electron chi connectivity index (χ0n) is 10.9. The van der Waals surface area contributed by atoms with Gasteiger partial charge in [0, 0.05) is 4.47 Å². The zero-order valence-corrected chi connectivity index (χ0v) is 12.5. The normalized spacial score (nSPS) is 11.2. The Hall–Kier alpha value is -1.11. The summed E-state index contributed by atoms with van der Waals surface area (Å²) < 4.78 is 5.69. The molecular formula is C13H18BrNO4. The second kappa shape index (κ2) is 6.88. The van der Waals surface area contributed by atoms with Crippen molar-refractivity contribution >= 4 is 21.8 Å². The highest BCUT2D eigenvalue weighted by Crippen LogP contribution is 2.23. The highest BCUT2D eigenvalue weighted by atomic mass is 79.9. The van der Waals surface area contributed by atoms with Crippen LogP contribution in [0.1, 0.15) is 23.7 Å². The van der Waals surface area contributed by atoms with E-state index in [1.54, 1.807) is 25.1 Å². The van der Waals surface area contributed by atoms with Gasteiger partial charge in [-0.15, -0.1) is 0 Å². The van der Waals surface area contributed by atoms with E-state index >= 15 is 0 Å². The van der Waals surface area contributed by atoms with Gasteiger partial charge in [0.2, 0.25) is 0 Å². The molecule has 0 saturated carbocycles. The van der Waals surface area contributed by atoms with Crippen LogP contribution < -0.4 is 10.1 Å². The minimum atomic E-state index is -1.01. The molecule has 3 N–H and O–H groups in total. The number of methoxy groups -OCH3 is 1. The van der Waals surface area contributed by atoms with E-state index in [1.165, 1.54) is 7.11 Å². The van der Waals surface area contributed by atoms with Crippen molar-refractivity contribution in [2.45, 2.75) is 18.9 Å². The van der Waals surface area contributed by atoms with Gasteiger partial charge in [-0.05, 0) is 40.5 Å². The van der Waals surface area contributed by atoms with E-state index in [0.717, 1.165) is 0 Å². The van der Waals surface area contributed by atoms with Gasteiger partial charge in [-0.2, -0.15) is 0 Å². The lowest BCUT2D eigenvalue weighted by Crippen LogP contribution is -2.53. The smallest absolute Gasteiger partial charge is 0.253 e. The quantitative estimate of drug-likeness (QED) is 0.734. The largest absolute Gasteiger partial charge is 0.497 e. The number of hydrogen-bond acceptors (Lipinski definition) is 4. The molecule has 0 aliphatic carbocycles. The number of rotatable bonds is 6. The maximum atomic E-state index is 12.2. The van der Waals surface area contributed by atoms with Gasteiger partial charge in [-0.3, -0.25) is 4.79 Å². The summed E-state index contributed by atoms with van der Waals surface area (Å²) in [6, 6.07) is 5.03. The molecule has 0 heterocycles. The van der Waals surface area contributed by atoms with Gasteiger partial charge in [-0.1, -0.05) is 6.92 Å². The molecule has 0 aliphatic rings. The van der Waals surface area contributed by atoms with Crippen molar-refractivity contribution in [2.75, 3.05) is 20.3 Å². The van der Waals surface area contributed by atoms with Crippen LogP contribution in [0.25, 0.3) is 0 Å². The van der Waals surface area contributed by atoms with Crippen molar-refractivity contribution in [3.05, 3.63) is 28.2 Å². The zero-order chi connectivity index (χ0) is 14.5. The van der Waals surface area contributed by atoms with Crippen LogP contribution >= 0.6 is 15.9 Å². The number of nitrogens with one attached hydrogen (secondary N) is 1. The SMILES string of the molecule is CCC(CO)(CO)NC(=O)c1cc(OC)ccc1Br. The lowest BCUT2D eigenvalue weighted by Gasteiger charge is -2.29. The Morgan fingerprint density at radius 1 is 1.42 bits per heavy atom. The summed E-state index contributed by atoms with van der Waals surface area (Å²) in [7, 11) is 1.52. The van der Waals surface area contributed by atoms with Crippen LogP contribution in [0.2, 0.25) is 0 Å². The molecule has 1 aromatic rings. The maximum absolute atomic E-state index is 12.2. The molecule has 0 saturated heterocycles. The monoisotopic (exact) mass is 331 g/mol. The summed E-state index contributed by atoms with van der Waals surface area (Å²) in [6.45, 7) is 1.13. The Kier molecular flexibility index (Phi) is 5.78. The molecule has 0 aliphatic heterocycles. The molecule has 19 heavy (non-hydrogen) atoms. The minimum Gasteiger partial charge on any atom is -0.497 e. The van der Waals surface area contributed by atoms with Crippen molar-refractivity contribution in [3.63, 3.8) is 0 Å². The number of amides is 1. The molecule has 106 valence electrons. The fraction of sp³-hybridized carbons (Fsp3) is 0.462. The van der Waals surface area contributed by atoms with Crippen LogP contribution in [0.3, 0.4) is 0 Å². The van der Waals surface area contributed by atoms with Gasteiger partial charge >= 0.3 is 0 Å².